The lowest BCUT2D eigenvalue weighted by Gasteiger charge is -2.07. The molecule has 23 heavy (non-hydrogen) atoms. The molecule has 6 heteroatoms. The maximum atomic E-state index is 14.0. The number of rotatable bonds is 4. The Bertz CT molecular complexity index is 818. The Balaban J connectivity index is 2.11. The minimum Gasteiger partial charge on any atom is -0.494 e. The molecule has 2 heterocycles. The number of thiazole rings is 1. The van der Waals surface area contributed by atoms with E-state index in [1.807, 2.05) is 19.1 Å². The average Bonchev–Trinajstić information content (AvgIpc) is 3.01. The molecule has 0 spiro atoms. The zero-order valence-electron chi connectivity index (χ0n) is 12.8. The van der Waals surface area contributed by atoms with Crippen LogP contribution >= 0.6 is 11.3 Å². The first-order valence-electron chi connectivity index (χ1n) is 7.10. The number of hydrogen-bond donors (Lipinski definition) is 1. The number of aromatic nitrogens is 2. The molecule has 3 aromatic rings. The molecule has 1 aromatic carbocycles. The lowest BCUT2D eigenvalue weighted by Crippen LogP contribution is -2.04. The molecule has 0 amide bonds. The summed E-state index contributed by atoms with van der Waals surface area (Å²) in [5.74, 6) is -0.209. The third-order valence-electron chi connectivity index (χ3n) is 3.42. The third kappa shape index (κ3) is 3.09. The second kappa shape index (κ2) is 6.44. The summed E-state index contributed by atoms with van der Waals surface area (Å²) in [7, 11) is 1.44. The number of pyridine rings is 1. The SMILES string of the molecule is COc1ccc(-c2nc(-c3ccncc3)sc2C(C)N)cc1F. The topological polar surface area (TPSA) is 61.0 Å². The predicted octanol–water partition coefficient (Wildman–Crippen LogP) is 4.04. The van der Waals surface area contributed by atoms with E-state index in [9.17, 15) is 4.39 Å². The molecule has 2 N–H and O–H groups in total. The van der Waals surface area contributed by atoms with Crippen LogP contribution in [0.1, 0.15) is 17.8 Å². The van der Waals surface area contributed by atoms with Crippen LogP contribution in [0.4, 0.5) is 4.39 Å². The van der Waals surface area contributed by atoms with Gasteiger partial charge in [0.1, 0.15) is 5.01 Å². The fraction of sp³-hybridized carbons (Fsp3) is 0.176. The minimum atomic E-state index is -0.418. The smallest absolute Gasteiger partial charge is 0.165 e. The van der Waals surface area contributed by atoms with Crippen LogP contribution in [0.2, 0.25) is 0 Å². The lowest BCUT2D eigenvalue weighted by molar-refractivity contribution is 0.386. The van der Waals surface area contributed by atoms with E-state index < -0.39 is 5.82 Å². The maximum absolute atomic E-state index is 14.0. The highest BCUT2D eigenvalue weighted by molar-refractivity contribution is 7.15. The van der Waals surface area contributed by atoms with Gasteiger partial charge >= 0.3 is 0 Å². The van der Waals surface area contributed by atoms with Crippen LogP contribution in [0.5, 0.6) is 5.75 Å². The van der Waals surface area contributed by atoms with Crippen molar-refractivity contribution >= 4 is 11.3 Å². The van der Waals surface area contributed by atoms with E-state index in [1.54, 1.807) is 24.5 Å². The molecule has 0 aliphatic carbocycles. The van der Waals surface area contributed by atoms with Gasteiger partial charge in [0.15, 0.2) is 11.6 Å². The summed E-state index contributed by atoms with van der Waals surface area (Å²) < 4.78 is 19.0. The van der Waals surface area contributed by atoms with Crippen molar-refractivity contribution in [1.82, 2.24) is 9.97 Å². The normalized spacial score (nSPS) is 12.2. The summed E-state index contributed by atoms with van der Waals surface area (Å²) >= 11 is 1.51. The zero-order valence-corrected chi connectivity index (χ0v) is 13.6. The summed E-state index contributed by atoms with van der Waals surface area (Å²) in [5.41, 5.74) is 8.44. The van der Waals surface area contributed by atoms with Crippen LogP contribution < -0.4 is 10.5 Å². The minimum absolute atomic E-state index is 0.191. The van der Waals surface area contributed by atoms with E-state index in [4.69, 9.17) is 10.5 Å². The van der Waals surface area contributed by atoms with Crippen LogP contribution in [0.3, 0.4) is 0 Å². The number of ether oxygens (including phenoxy) is 1. The van der Waals surface area contributed by atoms with Crippen LogP contribution in [-0.4, -0.2) is 17.1 Å². The molecule has 0 saturated heterocycles. The van der Waals surface area contributed by atoms with Crippen LogP contribution in [-0.2, 0) is 0 Å². The van der Waals surface area contributed by atoms with E-state index in [1.165, 1.54) is 24.5 Å². The fourth-order valence-corrected chi connectivity index (χ4v) is 3.32. The summed E-state index contributed by atoms with van der Waals surface area (Å²) in [4.78, 5) is 9.60. The number of halogens is 1. The van der Waals surface area contributed by atoms with Gasteiger partial charge < -0.3 is 10.5 Å². The molecule has 0 saturated carbocycles. The quantitative estimate of drug-likeness (QED) is 0.785. The number of nitrogens with zero attached hydrogens (tertiary/aromatic N) is 2. The molecule has 1 atom stereocenters. The first-order valence-corrected chi connectivity index (χ1v) is 7.92. The van der Waals surface area contributed by atoms with Crippen molar-refractivity contribution in [2.24, 2.45) is 5.73 Å². The maximum Gasteiger partial charge on any atom is 0.165 e. The lowest BCUT2D eigenvalue weighted by atomic mass is 10.1. The molecule has 0 fully saturated rings. The number of hydrogen-bond acceptors (Lipinski definition) is 5. The van der Waals surface area contributed by atoms with Gasteiger partial charge in [-0.1, -0.05) is 0 Å². The van der Waals surface area contributed by atoms with Crippen molar-refractivity contribution in [3.8, 4) is 27.6 Å². The molecule has 0 aliphatic heterocycles. The Hall–Kier alpha value is -2.31. The summed E-state index contributed by atoms with van der Waals surface area (Å²) in [6.07, 6.45) is 3.43. The second-order valence-corrected chi connectivity index (χ2v) is 6.14. The van der Waals surface area contributed by atoms with Crippen LogP contribution in [0, 0.1) is 5.82 Å². The third-order valence-corrected chi connectivity index (χ3v) is 4.72. The van der Waals surface area contributed by atoms with Gasteiger partial charge in [-0.2, -0.15) is 0 Å². The van der Waals surface area contributed by atoms with E-state index in [0.29, 0.717) is 11.3 Å². The van der Waals surface area contributed by atoms with E-state index in [-0.39, 0.29) is 11.8 Å². The van der Waals surface area contributed by atoms with Gasteiger partial charge in [-0.15, -0.1) is 11.3 Å². The van der Waals surface area contributed by atoms with E-state index in [2.05, 4.69) is 9.97 Å². The Kier molecular flexibility index (Phi) is 4.36. The predicted molar refractivity (Wildman–Crippen MR) is 89.9 cm³/mol. The number of nitrogens with two attached hydrogens (primary N) is 1. The molecule has 4 nitrogen and oxygen atoms in total. The highest BCUT2D eigenvalue weighted by Gasteiger charge is 2.18. The van der Waals surface area contributed by atoms with Crippen molar-refractivity contribution in [1.29, 1.82) is 0 Å². The van der Waals surface area contributed by atoms with Crippen molar-refractivity contribution in [3.63, 3.8) is 0 Å². The molecule has 0 aliphatic rings. The van der Waals surface area contributed by atoms with Gasteiger partial charge in [-0.25, -0.2) is 9.37 Å². The number of benzene rings is 1. The molecule has 0 bridgehead atoms. The number of methoxy groups -OCH3 is 1. The highest BCUT2D eigenvalue weighted by atomic mass is 32.1. The first kappa shape index (κ1) is 15.6. The zero-order chi connectivity index (χ0) is 16.4. The first-order chi connectivity index (χ1) is 11.1. The monoisotopic (exact) mass is 329 g/mol. The van der Waals surface area contributed by atoms with Gasteiger partial charge in [0, 0.05) is 34.4 Å². The molecule has 3 rings (SSSR count). The van der Waals surface area contributed by atoms with E-state index >= 15 is 0 Å². The van der Waals surface area contributed by atoms with Crippen molar-refractivity contribution in [2.45, 2.75) is 13.0 Å². The Labute approximate surface area is 137 Å². The molecule has 1 unspecified atom stereocenters. The van der Waals surface area contributed by atoms with Crippen LogP contribution in [0.25, 0.3) is 21.8 Å². The Morgan fingerprint density at radius 2 is 1.91 bits per heavy atom. The second-order valence-electron chi connectivity index (χ2n) is 5.11. The summed E-state index contributed by atoms with van der Waals surface area (Å²) in [5, 5.41) is 0.839. The Morgan fingerprint density at radius 3 is 2.52 bits per heavy atom. The van der Waals surface area contributed by atoms with Crippen molar-refractivity contribution < 1.29 is 9.13 Å². The molecule has 2 aromatic heterocycles. The fourth-order valence-electron chi connectivity index (χ4n) is 2.28. The van der Waals surface area contributed by atoms with Crippen LogP contribution in [0.15, 0.2) is 42.7 Å². The standard InChI is InChI=1S/C17H16FN3OS/c1-10(19)16-15(12-3-4-14(22-2)13(18)9-12)21-17(23-16)11-5-7-20-8-6-11/h3-10H,19H2,1-2H3. The molecule has 118 valence electrons. The van der Waals surface area contributed by atoms with E-state index in [0.717, 1.165) is 15.4 Å². The largest absolute Gasteiger partial charge is 0.494 e. The highest BCUT2D eigenvalue weighted by Crippen LogP contribution is 2.37. The van der Waals surface area contributed by atoms with Crippen molar-refractivity contribution in [2.75, 3.05) is 7.11 Å². The molecule has 0 radical (unpaired) electrons. The Morgan fingerprint density at radius 1 is 1.17 bits per heavy atom. The van der Waals surface area contributed by atoms with Gasteiger partial charge in [0.2, 0.25) is 0 Å². The summed E-state index contributed by atoms with van der Waals surface area (Å²) in [6.45, 7) is 1.90. The van der Waals surface area contributed by atoms with Crippen molar-refractivity contribution in [3.05, 3.63) is 53.4 Å². The summed E-state index contributed by atoms with van der Waals surface area (Å²) in [6, 6.07) is 8.41. The molecular weight excluding hydrogens is 313 g/mol. The molecular formula is C17H16FN3OS. The average molecular weight is 329 g/mol. The van der Waals surface area contributed by atoms with Gasteiger partial charge in [0.05, 0.1) is 12.8 Å². The van der Waals surface area contributed by atoms with Gasteiger partial charge in [0.25, 0.3) is 0 Å². The van der Waals surface area contributed by atoms with Gasteiger partial charge in [-0.05, 0) is 37.3 Å². The van der Waals surface area contributed by atoms with Gasteiger partial charge in [-0.3, -0.25) is 4.98 Å².